The van der Waals surface area contributed by atoms with Gasteiger partial charge in [0.1, 0.15) is 0 Å². The van der Waals surface area contributed by atoms with E-state index in [1.165, 1.54) is 6.42 Å². The summed E-state index contributed by atoms with van der Waals surface area (Å²) in [6.07, 6.45) is 4.51. The lowest BCUT2D eigenvalue weighted by molar-refractivity contribution is -0.0187. The first-order valence-corrected chi connectivity index (χ1v) is 8.37. The van der Waals surface area contributed by atoms with E-state index in [0.717, 1.165) is 51.1 Å². The van der Waals surface area contributed by atoms with Crippen LogP contribution in [0, 0.1) is 5.41 Å². The predicted octanol–water partition coefficient (Wildman–Crippen LogP) is 3.35. The molecular formula is C18H26N2O2. The van der Waals surface area contributed by atoms with Gasteiger partial charge in [0, 0.05) is 26.3 Å². The Kier molecular flexibility index (Phi) is 4.67. The zero-order valence-corrected chi connectivity index (χ0v) is 13.4. The Morgan fingerprint density at radius 2 is 1.95 bits per heavy atom. The number of rotatable bonds is 2. The second kappa shape index (κ2) is 6.69. The molecule has 22 heavy (non-hydrogen) atoms. The minimum Gasteiger partial charge on any atom is -0.381 e. The molecule has 0 radical (unpaired) electrons. The maximum absolute atomic E-state index is 12.6. The van der Waals surface area contributed by atoms with Gasteiger partial charge in [0.25, 0.3) is 0 Å². The van der Waals surface area contributed by atoms with Crippen molar-refractivity contribution >= 4 is 6.03 Å². The van der Waals surface area contributed by atoms with E-state index in [0.29, 0.717) is 5.41 Å². The van der Waals surface area contributed by atoms with Crippen molar-refractivity contribution in [1.82, 2.24) is 10.2 Å². The number of carbonyl (C=O) groups is 1. The molecule has 1 aromatic carbocycles. The summed E-state index contributed by atoms with van der Waals surface area (Å²) in [5.41, 5.74) is 1.44. The van der Waals surface area contributed by atoms with Gasteiger partial charge < -0.3 is 15.0 Å². The minimum absolute atomic E-state index is 0.0428. The van der Waals surface area contributed by atoms with Crippen LogP contribution in [-0.2, 0) is 4.74 Å². The number of ether oxygens (including phenoxy) is 1. The van der Waals surface area contributed by atoms with Crippen LogP contribution in [-0.4, -0.2) is 37.2 Å². The van der Waals surface area contributed by atoms with Crippen LogP contribution in [0.3, 0.4) is 0 Å². The fourth-order valence-electron chi connectivity index (χ4n) is 3.70. The molecule has 0 bridgehead atoms. The van der Waals surface area contributed by atoms with Gasteiger partial charge >= 0.3 is 6.03 Å². The number of piperidine rings is 1. The third-order valence-corrected chi connectivity index (χ3v) is 5.14. The van der Waals surface area contributed by atoms with Crippen molar-refractivity contribution in [2.45, 2.75) is 38.6 Å². The van der Waals surface area contributed by atoms with Crippen LogP contribution in [0.1, 0.15) is 44.2 Å². The number of benzene rings is 1. The van der Waals surface area contributed by atoms with Crippen LogP contribution in [0.25, 0.3) is 0 Å². The van der Waals surface area contributed by atoms with Crippen LogP contribution < -0.4 is 5.32 Å². The molecule has 0 saturated carbocycles. The second-order valence-corrected chi connectivity index (χ2v) is 6.72. The van der Waals surface area contributed by atoms with Crippen LogP contribution in [0.15, 0.2) is 30.3 Å². The van der Waals surface area contributed by atoms with Gasteiger partial charge in [-0.05, 0) is 43.6 Å². The summed E-state index contributed by atoms with van der Waals surface area (Å²) in [4.78, 5) is 14.6. The van der Waals surface area contributed by atoms with E-state index in [-0.39, 0.29) is 12.1 Å². The van der Waals surface area contributed by atoms with Crippen LogP contribution in [0.2, 0.25) is 0 Å². The Balaban J connectivity index is 1.60. The molecule has 2 amide bonds. The molecule has 2 heterocycles. The molecule has 0 aromatic heterocycles. The molecule has 0 aliphatic carbocycles. The lowest BCUT2D eigenvalue weighted by Crippen LogP contribution is -2.51. The number of urea groups is 1. The highest BCUT2D eigenvalue weighted by atomic mass is 16.5. The summed E-state index contributed by atoms with van der Waals surface area (Å²) in [7, 11) is 0. The van der Waals surface area contributed by atoms with Gasteiger partial charge in [0.05, 0.1) is 6.04 Å². The number of amides is 2. The number of carbonyl (C=O) groups excluding carboxylic acids is 1. The Bertz CT molecular complexity index is 492. The first-order valence-electron chi connectivity index (χ1n) is 8.37. The van der Waals surface area contributed by atoms with Gasteiger partial charge in [-0.15, -0.1) is 0 Å². The molecule has 1 aromatic rings. The highest BCUT2D eigenvalue weighted by molar-refractivity contribution is 5.74. The lowest BCUT2D eigenvalue weighted by Gasteiger charge is -2.45. The molecule has 1 spiro atoms. The monoisotopic (exact) mass is 302 g/mol. The van der Waals surface area contributed by atoms with E-state index in [2.05, 4.69) is 17.4 Å². The molecule has 4 heteroatoms. The summed E-state index contributed by atoms with van der Waals surface area (Å²) in [5.74, 6) is 0. The van der Waals surface area contributed by atoms with E-state index < -0.39 is 0 Å². The van der Waals surface area contributed by atoms with Crippen molar-refractivity contribution in [3.05, 3.63) is 35.9 Å². The van der Waals surface area contributed by atoms with Gasteiger partial charge in [0.2, 0.25) is 0 Å². The maximum atomic E-state index is 12.6. The predicted molar refractivity (Wildman–Crippen MR) is 86.7 cm³/mol. The van der Waals surface area contributed by atoms with E-state index in [1.54, 1.807) is 0 Å². The molecule has 1 atom stereocenters. The SMILES string of the molecule is C[C@@H](NC(=O)N1CCCC2(CCOCC2)C1)c1ccccc1. The largest absolute Gasteiger partial charge is 0.381 e. The Morgan fingerprint density at radius 3 is 2.68 bits per heavy atom. The first kappa shape index (κ1) is 15.3. The average molecular weight is 302 g/mol. The average Bonchev–Trinajstić information content (AvgIpc) is 2.56. The number of hydrogen-bond acceptors (Lipinski definition) is 2. The van der Waals surface area contributed by atoms with Gasteiger partial charge in [0.15, 0.2) is 0 Å². The normalized spacial score (nSPS) is 22.3. The quantitative estimate of drug-likeness (QED) is 0.910. The van der Waals surface area contributed by atoms with Gasteiger partial charge in [-0.1, -0.05) is 30.3 Å². The van der Waals surface area contributed by atoms with Crippen molar-refractivity contribution in [1.29, 1.82) is 0 Å². The van der Waals surface area contributed by atoms with Crippen molar-refractivity contribution in [2.24, 2.45) is 5.41 Å². The number of hydrogen-bond donors (Lipinski definition) is 1. The molecule has 2 aliphatic rings. The summed E-state index contributed by atoms with van der Waals surface area (Å²) in [6.45, 7) is 5.48. The topological polar surface area (TPSA) is 41.6 Å². The highest BCUT2D eigenvalue weighted by Crippen LogP contribution is 2.39. The van der Waals surface area contributed by atoms with Crippen molar-refractivity contribution < 1.29 is 9.53 Å². The number of nitrogens with one attached hydrogen (secondary N) is 1. The van der Waals surface area contributed by atoms with E-state index in [9.17, 15) is 4.79 Å². The number of likely N-dealkylation sites (tertiary alicyclic amines) is 1. The third kappa shape index (κ3) is 3.43. The van der Waals surface area contributed by atoms with E-state index in [1.807, 2.05) is 30.0 Å². The van der Waals surface area contributed by atoms with Crippen molar-refractivity contribution in [2.75, 3.05) is 26.3 Å². The van der Waals surface area contributed by atoms with Crippen LogP contribution >= 0.6 is 0 Å². The molecule has 3 rings (SSSR count). The standard InChI is InChI=1S/C18H26N2O2/c1-15(16-6-3-2-4-7-16)19-17(21)20-11-5-8-18(14-20)9-12-22-13-10-18/h2-4,6-7,15H,5,8-14H2,1H3,(H,19,21)/t15-/m1/s1. The Hall–Kier alpha value is -1.55. The second-order valence-electron chi connectivity index (χ2n) is 6.72. The van der Waals surface area contributed by atoms with Gasteiger partial charge in [-0.25, -0.2) is 4.79 Å². The summed E-state index contributed by atoms with van der Waals surface area (Å²) in [5, 5.41) is 3.14. The van der Waals surface area contributed by atoms with Gasteiger partial charge in [-0.3, -0.25) is 0 Å². The molecule has 120 valence electrons. The molecule has 2 saturated heterocycles. The number of nitrogens with zero attached hydrogens (tertiary/aromatic N) is 1. The molecule has 1 N–H and O–H groups in total. The Labute approximate surface area is 132 Å². The fraction of sp³-hybridized carbons (Fsp3) is 0.611. The van der Waals surface area contributed by atoms with Crippen LogP contribution in [0.4, 0.5) is 4.79 Å². The molecule has 2 fully saturated rings. The van der Waals surface area contributed by atoms with E-state index >= 15 is 0 Å². The zero-order chi connectivity index (χ0) is 15.4. The minimum atomic E-state index is 0.0428. The molecule has 0 unspecified atom stereocenters. The first-order chi connectivity index (χ1) is 10.7. The molecular weight excluding hydrogens is 276 g/mol. The van der Waals surface area contributed by atoms with Crippen molar-refractivity contribution in [3.63, 3.8) is 0 Å². The highest BCUT2D eigenvalue weighted by Gasteiger charge is 2.38. The zero-order valence-electron chi connectivity index (χ0n) is 13.4. The van der Waals surface area contributed by atoms with Gasteiger partial charge in [-0.2, -0.15) is 0 Å². The van der Waals surface area contributed by atoms with E-state index in [4.69, 9.17) is 4.74 Å². The lowest BCUT2D eigenvalue weighted by atomic mass is 9.74. The Morgan fingerprint density at radius 1 is 1.23 bits per heavy atom. The summed E-state index contributed by atoms with van der Waals surface area (Å²) >= 11 is 0. The molecule has 2 aliphatic heterocycles. The third-order valence-electron chi connectivity index (χ3n) is 5.14. The summed E-state index contributed by atoms with van der Waals surface area (Å²) < 4.78 is 5.50. The van der Waals surface area contributed by atoms with Crippen molar-refractivity contribution in [3.8, 4) is 0 Å². The maximum Gasteiger partial charge on any atom is 0.317 e. The summed E-state index contributed by atoms with van der Waals surface area (Å²) in [6, 6.07) is 10.2. The fourth-order valence-corrected chi connectivity index (χ4v) is 3.70. The smallest absolute Gasteiger partial charge is 0.317 e. The van der Waals surface area contributed by atoms with Crippen LogP contribution in [0.5, 0.6) is 0 Å². The molecule has 4 nitrogen and oxygen atoms in total.